The molecule has 1 rings (SSSR count). The fourth-order valence-corrected chi connectivity index (χ4v) is 1.51. The molecule has 0 atom stereocenters. The molecule has 0 N–H and O–H groups in total. The Labute approximate surface area is 146 Å². The summed E-state index contributed by atoms with van der Waals surface area (Å²) in [6.45, 7) is 0.695. The van der Waals surface area contributed by atoms with Crippen LogP contribution in [0.5, 0.6) is 5.75 Å². The van der Waals surface area contributed by atoms with Gasteiger partial charge in [0.15, 0.2) is 10.1 Å². The van der Waals surface area contributed by atoms with E-state index in [0.717, 1.165) is 30.8 Å². The van der Waals surface area contributed by atoms with Gasteiger partial charge in [0.1, 0.15) is 0 Å². The van der Waals surface area contributed by atoms with Gasteiger partial charge in [-0.2, -0.15) is 13.2 Å². The van der Waals surface area contributed by atoms with Crippen LogP contribution in [0.3, 0.4) is 0 Å². The third-order valence-corrected chi connectivity index (χ3v) is 3.21. The summed E-state index contributed by atoms with van der Waals surface area (Å²) in [5.74, 6) is 4.44. The molecule has 0 spiro atoms. The second-order valence-electron chi connectivity index (χ2n) is 5.75. The second-order valence-corrected chi connectivity index (χ2v) is 7.12. The van der Waals surface area contributed by atoms with Crippen molar-refractivity contribution in [2.24, 2.45) is 0 Å². The smallest absolute Gasteiger partial charge is 0.485 e. The lowest BCUT2D eigenvalue weighted by Crippen LogP contribution is -2.36. The van der Waals surface area contributed by atoms with Crippen LogP contribution in [0.15, 0.2) is 18.3 Å². The highest BCUT2D eigenvalue weighted by molar-refractivity contribution is 7.86. The molecule has 10 heteroatoms. The van der Waals surface area contributed by atoms with Crippen molar-refractivity contribution in [3.63, 3.8) is 0 Å². The number of hydrogen-bond donors (Lipinski definition) is 0. The molecule has 0 aliphatic rings. The number of rotatable bonds is 6. The Kier molecular flexibility index (Phi) is 8.90. The fourth-order valence-electron chi connectivity index (χ4n) is 1.51. The molecule has 0 saturated heterocycles. The minimum Gasteiger partial charge on any atom is -0.741 e. The predicted octanol–water partition coefficient (Wildman–Crippen LogP) is 2.51. The van der Waals surface area contributed by atoms with E-state index in [-0.39, 0.29) is 0 Å². The van der Waals surface area contributed by atoms with Gasteiger partial charge in [-0.05, 0) is 25.0 Å². The Morgan fingerprint density at radius 2 is 1.88 bits per heavy atom. The maximum atomic E-state index is 10.7. The zero-order valence-electron chi connectivity index (χ0n) is 14.2. The Bertz CT molecular complexity index is 677. The van der Waals surface area contributed by atoms with Gasteiger partial charge in [0.05, 0.1) is 27.7 Å². The Morgan fingerprint density at radius 3 is 2.32 bits per heavy atom. The van der Waals surface area contributed by atoms with Gasteiger partial charge >= 0.3 is 5.51 Å². The molecule has 0 aliphatic heterocycles. The molecular weight excluding hydrogens is 361 g/mol. The molecule has 0 aliphatic carbocycles. The van der Waals surface area contributed by atoms with Crippen molar-refractivity contribution in [2.75, 3.05) is 27.7 Å². The van der Waals surface area contributed by atoms with Gasteiger partial charge in [0, 0.05) is 12.6 Å². The average molecular weight is 382 g/mol. The first-order valence-electron chi connectivity index (χ1n) is 7.16. The molecule has 0 bridgehead atoms. The van der Waals surface area contributed by atoms with Crippen molar-refractivity contribution in [2.45, 2.75) is 24.8 Å². The number of nitrogens with zero attached hydrogens (tertiary/aromatic N) is 2. The predicted molar refractivity (Wildman–Crippen MR) is 87.7 cm³/mol. The van der Waals surface area contributed by atoms with Crippen LogP contribution in [0, 0.1) is 12.3 Å². The number of quaternary nitrogens is 1. The molecular formula is C15H21F3N2O4S. The number of aromatic nitrogens is 1. The molecule has 6 nitrogen and oxygen atoms in total. The van der Waals surface area contributed by atoms with E-state index in [9.17, 15) is 13.2 Å². The summed E-state index contributed by atoms with van der Waals surface area (Å²) < 4.78 is 65.3. The molecule has 142 valence electrons. The number of unbranched alkanes of at least 4 members (excludes halogenated alkanes) is 2. The first kappa shape index (κ1) is 23.2. The van der Waals surface area contributed by atoms with Crippen LogP contribution in [-0.2, 0) is 10.1 Å². The molecule has 0 unspecified atom stereocenters. The Hall–Kier alpha value is -1.83. The van der Waals surface area contributed by atoms with Crippen molar-refractivity contribution in [1.29, 1.82) is 0 Å². The van der Waals surface area contributed by atoms with Gasteiger partial charge in [0.2, 0.25) is 5.75 Å². The van der Waals surface area contributed by atoms with E-state index in [1.165, 1.54) is 0 Å². The summed E-state index contributed by atoms with van der Waals surface area (Å²) in [5.41, 5.74) is -5.65. The third kappa shape index (κ3) is 9.28. The minimum absolute atomic E-state index is 0.653. The van der Waals surface area contributed by atoms with Crippen LogP contribution in [0.4, 0.5) is 19.0 Å². The first-order chi connectivity index (χ1) is 11.3. The molecule has 1 aromatic heterocycles. The zero-order valence-corrected chi connectivity index (χ0v) is 15.0. The van der Waals surface area contributed by atoms with E-state index in [1.54, 1.807) is 6.20 Å². The van der Waals surface area contributed by atoms with Gasteiger partial charge in [0.25, 0.3) is 5.82 Å². The molecule has 0 fully saturated rings. The van der Waals surface area contributed by atoms with E-state index in [2.05, 4.69) is 32.0 Å². The minimum atomic E-state index is -6.09. The SMILES string of the molecule is C#CCCCCOc1cccnc1[N+](C)(C)C.O=S(=O)([O-])C(F)(F)F. The monoisotopic (exact) mass is 382 g/mol. The van der Waals surface area contributed by atoms with E-state index in [4.69, 9.17) is 24.1 Å². The van der Waals surface area contributed by atoms with Crippen molar-refractivity contribution in [1.82, 2.24) is 9.47 Å². The van der Waals surface area contributed by atoms with Crippen LogP contribution in [-0.4, -0.2) is 51.2 Å². The maximum absolute atomic E-state index is 10.7. The van der Waals surface area contributed by atoms with Gasteiger partial charge in [-0.3, -0.25) is 4.48 Å². The van der Waals surface area contributed by atoms with E-state index in [1.807, 2.05) is 12.1 Å². The number of terminal acetylenes is 1. The van der Waals surface area contributed by atoms with Gasteiger partial charge < -0.3 is 9.29 Å². The van der Waals surface area contributed by atoms with Crippen LogP contribution in [0.25, 0.3) is 0 Å². The summed E-state index contributed by atoms with van der Waals surface area (Å²) in [7, 11) is 0.140. The molecule has 1 aromatic rings. The highest BCUT2D eigenvalue weighted by Gasteiger charge is 2.36. The van der Waals surface area contributed by atoms with Crippen LogP contribution < -0.4 is 9.22 Å². The number of hydrogen-bond acceptors (Lipinski definition) is 5. The Morgan fingerprint density at radius 1 is 1.32 bits per heavy atom. The molecule has 0 saturated carbocycles. The third-order valence-electron chi connectivity index (χ3n) is 2.64. The first-order valence-corrected chi connectivity index (χ1v) is 8.57. The fraction of sp³-hybridized carbons (Fsp3) is 0.533. The second kappa shape index (κ2) is 9.60. The van der Waals surface area contributed by atoms with Crippen LogP contribution >= 0.6 is 0 Å². The van der Waals surface area contributed by atoms with E-state index in [0.29, 0.717) is 11.1 Å². The molecule has 25 heavy (non-hydrogen) atoms. The lowest BCUT2D eigenvalue weighted by molar-refractivity contribution is -0.0517. The van der Waals surface area contributed by atoms with Crippen molar-refractivity contribution < 1.29 is 30.9 Å². The average Bonchev–Trinajstić information content (AvgIpc) is 2.45. The van der Waals surface area contributed by atoms with Crippen molar-refractivity contribution >= 4 is 15.9 Å². The molecule has 0 amide bonds. The quantitative estimate of drug-likeness (QED) is 0.248. The van der Waals surface area contributed by atoms with E-state index >= 15 is 0 Å². The summed E-state index contributed by atoms with van der Waals surface area (Å²) in [6.07, 6.45) is 9.81. The normalized spacial score (nSPS) is 11.9. The highest BCUT2D eigenvalue weighted by Crippen LogP contribution is 2.27. The largest absolute Gasteiger partial charge is 0.741 e. The van der Waals surface area contributed by atoms with Crippen LogP contribution in [0.2, 0.25) is 0 Å². The summed E-state index contributed by atoms with van der Waals surface area (Å²) in [4.78, 5) is 4.38. The molecule has 1 heterocycles. The molecule has 0 aromatic carbocycles. The topological polar surface area (TPSA) is 79.3 Å². The van der Waals surface area contributed by atoms with E-state index < -0.39 is 15.6 Å². The number of pyridine rings is 1. The number of alkyl halides is 3. The number of halogens is 3. The summed E-state index contributed by atoms with van der Waals surface area (Å²) >= 11 is 0. The molecule has 0 radical (unpaired) electrons. The van der Waals surface area contributed by atoms with Crippen molar-refractivity contribution in [3.05, 3.63) is 18.3 Å². The van der Waals surface area contributed by atoms with Crippen molar-refractivity contribution in [3.8, 4) is 18.1 Å². The zero-order chi connectivity index (χ0) is 19.7. The van der Waals surface area contributed by atoms with Gasteiger partial charge in [-0.15, -0.1) is 12.3 Å². The number of ether oxygens (including phenoxy) is 1. The lowest BCUT2D eigenvalue weighted by Gasteiger charge is -2.23. The van der Waals surface area contributed by atoms with Gasteiger partial charge in [-0.1, -0.05) is 0 Å². The Balaban J connectivity index is 0.000000609. The standard InChI is InChI=1S/C14H21N2O.CHF3O3S/c1-5-6-7-8-12-17-13-10-9-11-15-14(13)16(2,3)4;2-1(3,4)8(5,6)7/h1,9-11H,6-8,12H2,2-4H3;(H,5,6,7)/q+1;/p-1. The lowest BCUT2D eigenvalue weighted by atomic mass is 10.2. The highest BCUT2D eigenvalue weighted by atomic mass is 32.2. The summed E-state index contributed by atoms with van der Waals surface area (Å²) in [6, 6.07) is 3.86. The summed E-state index contributed by atoms with van der Waals surface area (Å²) in [5, 5.41) is 0. The van der Waals surface area contributed by atoms with Crippen LogP contribution in [0.1, 0.15) is 19.3 Å². The maximum Gasteiger partial charge on any atom is 0.485 e. The van der Waals surface area contributed by atoms with Gasteiger partial charge in [-0.25, -0.2) is 13.4 Å².